The number of rotatable bonds is 2. The fraction of sp³-hybridized carbons (Fsp3) is 0.0769. The van der Waals surface area contributed by atoms with Crippen molar-refractivity contribution in [1.29, 1.82) is 0 Å². The minimum atomic E-state index is -0.854. The average Bonchev–Trinajstić information content (AvgIpc) is 2.94. The second-order valence-corrected chi connectivity index (χ2v) is 8.15. The number of hydrogen-bond donors (Lipinski definition) is 1. The van der Waals surface area contributed by atoms with E-state index in [1.807, 2.05) is 0 Å². The number of carbonyl (C=O) groups excluding carboxylic acids is 4. The SMILES string of the molecule is CN.CN1C(=O)c2cccc3cc([N+](=O)[O-])cc(c23)C1=O.O=C1OC(=O)c2cc([N+](=O)[O-])cc3cccc1c23. The van der Waals surface area contributed by atoms with Gasteiger partial charge in [-0.3, -0.25) is 34.7 Å². The number of carbonyl (C=O) groups is 4. The molecule has 0 aromatic heterocycles. The molecule has 0 aliphatic carbocycles. The normalized spacial score (nSPS) is 13.3. The van der Waals surface area contributed by atoms with Crippen LogP contribution in [0.2, 0.25) is 0 Å². The fourth-order valence-corrected chi connectivity index (χ4v) is 4.36. The van der Waals surface area contributed by atoms with Gasteiger partial charge in [-0.25, -0.2) is 9.59 Å². The van der Waals surface area contributed by atoms with Crippen molar-refractivity contribution in [2.45, 2.75) is 0 Å². The zero-order chi connectivity index (χ0) is 28.6. The standard InChI is InChI=1S/C13H8N2O4.C12H5NO5.CH5N/c1-14-12(16)9-4-2-3-7-5-8(15(18)19)6-10(11(7)9)13(14)17;14-11-8-3-1-2-6-4-7(13(16)17)5-9(10(6)8)12(15)18-11;1-2/h2-6H,1H3;1-5H;2H2,1H3. The van der Waals surface area contributed by atoms with Crippen molar-refractivity contribution >= 4 is 56.7 Å². The number of amides is 2. The van der Waals surface area contributed by atoms with Crippen molar-refractivity contribution in [3.8, 4) is 0 Å². The first kappa shape index (κ1) is 26.5. The number of non-ortho nitro benzene ring substituents is 2. The van der Waals surface area contributed by atoms with Crippen LogP contribution in [0.4, 0.5) is 11.4 Å². The Kier molecular flexibility index (Phi) is 6.84. The Labute approximate surface area is 218 Å². The van der Waals surface area contributed by atoms with Gasteiger partial charge in [0, 0.05) is 47.6 Å². The molecule has 0 atom stereocenters. The van der Waals surface area contributed by atoms with Crippen LogP contribution in [0.3, 0.4) is 0 Å². The van der Waals surface area contributed by atoms with E-state index in [0.717, 1.165) is 11.0 Å². The van der Waals surface area contributed by atoms with Crippen LogP contribution in [-0.2, 0) is 4.74 Å². The first-order valence-electron chi connectivity index (χ1n) is 11.2. The van der Waals surface area contributed by atoms with Gasteiger partial charge in [0.05, 0.1) is 26.5 Å². The summed E-state index contributed by atoms with van der Waals surface area (Å²) in [6, 6.07) is 14.7. The lowest BCUT2D eigenvalue weighted by Gasteiger charge is -2.23. The van der Waals surface area contributed by atoms with Crippen molar-refractivity contribution < 1.29 is 33.8 Å². The molecular formula is C26H18N4O9. The van der Waals surface area contributed by atoms with Crippen LogP contribution in [-0.4, -0.2) is 52.6 Å². The summed E-state index contributed by atoms with van der Waals surface area (Å²) in [4.78, 5) is 68.7. The number of nitro benzene ring substituents is 2. The molecule has 0 spiro atoms. The third-order valence-corrected chi connectivity index (χ3v) is 6.04. The summed E-state index contributed by atoms with van der Waals surface area (Å²) < 4.78 is 4.54. The van der Waals surface area contributed by atoms with Gasteiger partial charge >= 0.3 is 11.9 Å². The number of nitrogens with zero attached hydrogens (tertiary/aromatic N) is 3. The number of hydrogen-bond acceptors (Lipinski definition) is 10. The maximum Gasteiger partial charge on any atom is 0.346 e. The summed E-state index contributed by atoms with van der Waals surface area (Å²) in [6.45, 7) is 0. The number of nitrogens with two attached hydrogens (primary N) is 1. The van der Waals surface area contributed by atoms with Gasteiger partial charge in [0.25, 0.3) is 23.2 Å². The lowest BCUT2D eigenvalue weighted by Crippen LogP contribution is -2.36. The largest absolute Gasteiger partial charge is 0.386 e. The monoisotopic (exact) mass is 530 g/mol. The summed E-state index contributed by atoms with van der Waals surface area (Å²) in [6.07, 6.45) is 0. The first-order valence-corrected chi connectivity index (χ1v) is 11.2. The van der Waals surface area contributed by atoms with Crippen LogP contribution in [0.1, 0.15) is 41.4 Å². The summed E-state index contributed by atoms with van der Waals surface area (Å²) in [5.74, 6) is -2.49. The third-order valence-electron chi connectivity index (χ3n) is 6.04. The smallest absolute Gasteiger partial charge is 0.346 e. The van der Waals surface area contributed by atoms with E-state index in [0.29, 0.717) is 27.1 Å². The zero-order valence-electron chi connectivity index (χ0n) is 20.4. The molecule has 0 saturated heterocycles. The van der Waals surface area contributed by atoms with Crippen LogP contribution in [0.5, 0.6) is 0 Å². The summed E-state index contributed by atoms with van der Waals surface area (Å²) in [5, 5.41) is 23.5. The molecule has 0 bridgehead atoms. The Hall–Kier alpha value is -5.56. The van der Waals surface area contributed by atoms with Gasteiger partial charge < -0.3 is 10.5 Å². The van der Waals surface area contributed by atoms with E-state index in [1.54, 1.807) is 30.3 Å². The highest BCUT2D eigenvalue weighted by atomic mass is 16.6. The van der Waals surface area contributed by atoms with E-state index in [9.17, 15) is 39.4 Å². The maximum atomic E-state index is 12.1. The van der Waals surface area contributed by atoms with Gasteiger partial charge in [0.2, 0.25) is 0 Å². The molecule has 2 N–H and O–H groups in total. The molecule has 0 saturated carbocycles. The van der Waals surface area contributed by atoms with Gasteiger partial charge in [0.1, 0.15) is 0 Å². The van der Waals surface area contributed by atoms with Crippen molar-refractivity contribution in [2.75, 3.05) is 14.1 Å². The number of ether oxygens (including phenoxy) is 1. The number of esters is 2. The predicted octanol–water partition coefficient (Wildman–Crippen LogP) is 3.61. The van der Waals surface area contributed by atoms with Gasteiger partial charge in [-0.15, -0.1) is 0 Å². The minimum Gasteiger partial charge on any atom is -0.386 e. The fourth-order valence-electron chi connectivity index (χ4n) is 4.36. The second-order valence-electron chi connectivity index (χ2n) is 8.15. The number of benzene rings is 4. The molecule has 2 aliphatic rings. The second kappa shape index (κ2) is 10.1. The molecule has 0 fully saturated rings. The van der Waals surface area contributed by atoms with Gasteiger partial charge in [0.15, 0.2) is 0 Å². The number of nitro groups is 2. The van der Waals surface area contributed by atoms with Gasteiger partial charge in [-0.05, 0) is 30.0 Å². The zero-order valence-corrected chi connectivity index (χ0v) is 20.4. The van der Waals surface area contributed by atoms with Gasteiger partial charge in [-0.2, -0.15) is 0 Å². The third kappa shape index (κ3) is 4.42. The minimum absolute atomic E-state index is 0.0504. The molecular weight excluding hydrogens is 512 g/mol. The molecule has 13 nitrogen and oxygen atoms in total. The highest BCUT2D eigenvalue weighted by Gasteiger charge is 2.32. The maximum absolute atomic E-state index is 12.1. The van der Waals surface area contributed by atoms with Gasteiger partial charge in [-0.1, -0.05) is 24.3 Å². The lowest BCUT2D eigenvalue weighted by atomic mass is 9.94. The van der Waals surface area contributed by atoms with Crippen LogP contribution in [0, 0.1) is 20.2 Å². The molecule has 196 valence electrons. The Morgan fingerprint density at radius 1 is 0.667 bits per heavy atom. The molecule has 4 aromatic carbocycles. The number of cyclic esters (lactones) is 2. The van der Waals surface area contributed by atoms with E-state index >= 15 is 0 Å². The molecule has 39 heavy (non-hydrogen) atoms. The molecule has 0 radical (unpaired) electrons. The van der Waals surface area contributed by atoms with E-state index in [4.69, 9.17) is 0 Å². The van der Waals surface area contributed by atoms with Crippen LogP contribution in [0.15, 0.2) is 60.7 Å². The first-order chi connectivity index (χ1) is 18.6. The van der Waals surface area contributed by atoms with Crippen LogP contribution < -0.4 is 5.73 Å². The topological polar surface area (TPSA) is 193 Å². The Balaban J connectivity index is 0.000000170. The van der Waals surface area contributed by atoms with E-state index < -0.39 is 33.6 Å². The van der Waals surface area contributed by atoms with Crippen molar-refractivity contribution in [1.82, 2.24) is 4.90 Å². The molecule has 13 heteroatoms. The Morgan fingerprint density at radius 3 is 1.64 bits per heavy atom. The van der Waals surface area contributed by atoms with Crippen molar-refractivity contribution in [2.24, 2.45) is 5.73 Å². The average molecular weight is 530 g/mol. The Bertz CT molecular complexity index is 1760. The van der Waals surface area contributed by atoms with E-state index in [-0.39, 0.29) is 28.1 Å². The quantitative estimate of drug-likeness (QED) is 0.131. The summed E-state index contributed by atoms with van der Waals surface area (Å²) in [5.41, 5.74) is 5.02. The van der Waals surface area contributed by atoms with E-state index in [2.05, 4.69) is 10.5 Å². The summed E-state index contributed by atoms with van der Waals surface area (Å²) >= 11 is 0. The van der Waals surface area contributed by atoms with Crippen molar-refractivity contribution in [3.63, 3.8) is 0 Å². The lowest BCUT2D eigenvalue weighted by molar-refractivity contribution is -0.384. The Morgan fingerprint density at radius 2 is 1.10 bits per heavy atom. The van der Waals surface area contributed by atoms with E-state index in [1.165, 1.54) is 38.4 Å². The summed E-state index contributed by atoms with van der Waals surface area (Å²) in [7, 11) is 2.87. The molecule has 2 heterocycles. The molecule has 6 rings (SSSR count). The molecule has 0 unspecified atom stereocenters. The molecule has 4 aromatic rings. The highest BCUT2D eigenvalue weighted by molar-refractivity contribution is 6.25. The predicted molar refractivity (Wildman–Crippen MR) is 137 cm³/mol. The van der Waals surface area contributed by atoms with Crippen molar-refractivity contribution in [3.05, 3.63) is 103 Å². The van der Waals surface area contributed by atoms with Crippen LogP contribution >= 0.6 is 0 Å². The molecule has 2 amide bonds. The molecule has 2 aliphatic heterocycles. The number of imide groups is 1. The van der Waals surface area contributed by atoms with Crippen LogP contribution in [0.25, 0.3) is 21.5 Å². The highest BCUT2D eigenvalue weighted by Crippen LogP contribution is 2.33.